The van der Waals surface area contributed by atoms with Gasteiger partial charge in [0.05, 0.1) is 6.10 Å². The number of hydrogen-bond acceptors (Lipinski definition) is 2. The van der Waals surface area contributed by atoms with E-state index in [1.165, 1.54) is 0 Å². The van der Waals surface area contributed by atoms with E-state index in [0.717, 1.165) is 25.7 Å². The molecular weight excluding hydrogens is 144 g/mol. The molecule has 1 aliphatic rings. The quantitative estimate of drug-likeness (QED) is 0.644. The number of carbonyl (C=O) groups is 1. The second-order valence-electron chi connectivity index (χ2n) is 3.27. The van der Waals surface area contributed by atoms with E-state index in [1.54, 1.807) is 0 Å². The van der Waals surface area contributed by atoms with Crippen molar-refractivity contribution >= 4 is 5.97 Å². The minimum Gasteiger partial charge on any atom is -0.481 e. The molecule has 0 bridgehead atoms. The van der Waals surface area contributed by atoms with Crippen molar-refractivity contribution in [3.05, 3.63) is 0 Å². The zero-order chi connectivity index (χ0) is 8.27. The Morgan fingerprint density at radius 2 is 2.18 bits per heavy atom. The summed E-state index contributed by atoms with van der Waals surface area (Å²) in [5, 5.41) is 17.5. The Kier molecular flexibility index (Phi) is 2.88. The van der Waals surface area contributed by atoms with E-state index in [4.69, 9.17) is 10.2 Å². The Labute approximate surface area is 66.0 Å². The fourth-order valence-electron chi connectivity index (χ4n) is 1.64. The molecule has 0 amide bonds. The zero-order valence-corrected chi connectivity index (χ0v) is 6.49. The van der Waals surface area contributed by atoms with E-state index in [0.29, 0.717) is 5.92 Å². The molecule has 11 heavy (non-hydrogen) atoms. The summed E-state index contributed by atoms with van der Waals surface area (Å²) in [7, 11) is 0. The molecule has 3 heteroatoms. The molecule has 0 radical (unpaired) electrons. The lowest BCUT2D eigenvalue weighted by atomic mass is 10.0. The second-order valence-corrected chi connectivity index (χ2v) is 3.27. The van der Waals surface area contributed by atoms with Crippen molar-refractivity contribution in [2.75, 3.05) is 0 Å². The number of rotatable bonds is 3. The van der Waals surface area contributed by atoms with Crippen LogP contribution >= 0.6 is 0 Å². The lowest BCUT2D eigenvalue weighted by Gasteiger charge is -2.05. The maximum absolute atomic E-state index is 10.2. The molecular formula is C8H14O3. The normalized spacial score (nSPS) is 30.6. The fraction of sp³-hybridized carbons (Fsp3) is 0.875. The van der Waals surface area contributed by atoms with Gasteiger partial charge in [-0.3, -0.25) is 4.79 Å². The van der Waals surface area contributed by atoms with Gasteiger partial charge in [0, 0.05) is 6.42 Å². The molecule has 0 aromatic heterocycles. The van der Waals surface area contributed by atoms with Crippen LogP contribution in [0.5, 0.6) is 0 Å². The SMILES string of the molecule is O=C(O)CCC1CCC(O)C1. The van der Waals surface area contributed by atoms with Crippen molar-refractivity contribution in [1.82, 2.24) is 0 Å². The van der Waals surface area contributed by atoms with Gasteiger partial charge in [0.25, 0.3) is 0 Å². The molecule has 0 aromatic rings. The van der Waals surface area contributed by atoms with Crippen LogP contribution in [-0.4, -0.2) is 22.3 Å². The van der Waals surface area contributed by atoms with Crippen molar-refractivity contribution in [2.24, 2.45) is 5.92 Å². The molecule has 0 spiro atoms. The molecule has 3 nitrogen and oxygen atoms in total. The van der Waals surface area contributed by atoms with Gasteiger partial charge in [-0.05, 0) is 31.6 Å². The summed E-state index contributed by atoms with van der Waals surface area (Å²) in [5.74, 6) is -0.285. The van der Waals surface area contributed by atoms with Gasteiger partial charge < -0.3 is 10.2 Å². The molecule has 1 saturated carbocycles. The van der Waals surface area contributed by atoms with Crippen molar-refractivity contribution < 1.29 is 15.0 Å². The second kappa shape index (κ2) is 3.72. The summed E-state index contributed by atoms with van der Waals surface area (Å²) < 4.78 is 0. The van der Waals surface area contributed by atoms with Crippen LogP contribution in [0.1, 0.15) is 32.1 Å². The molecule has 2 N–H and O–H groups in total. The third kappa shape index (κ3) is 2.89. The Bertz CT molecular complexity index is 144. The Hall–Kier alpha value is -0.570. The maximum Gasteiger partial charge on any atom is 0.303 e. The van der Waals surface area contributed by atoms with Crippen molar-refractivity contribution in [3.8, 4) is 0 Å². The van der Waals surface area contributed by atoms with Crippen LogP contribution in [0.15, 0.2) is 0 Å². The van der Waals surface area contributed by atoms with E-state index in [-0.39, 0.29) is 12.5 Å². The molecule has 1 aliphatic carbocycles. The third-order valence-corrected chi connectivity index (χ3v) is 2.28. The largest absolute Gasteiger partial charge is 0.481 e. The minimum absolute atomic E-state index is 0.172. The molecule has 64 valence electrons. The van der Waals surface area contributed by atoms with Crippen LogP contribution in [0.2, 0.25) is 0 Å². The summed E-state index contributed by atoms with van der Waals surface area (Å²) in [6, 6.07) is 0. The summed E-state index contributed by atoms with van der Waals surface area (Å²) in [5.41, 5.74) is 0. The first-order chi connectivity index (χ1) is 5.18. The lowest BCUT2D eigenvalue weighted by molar-refractivity contribution is -0.137. The molecule has 0 aliphatic heterocycles. The highest BCUT2D eigenvalue weighted by Gasteiger charge is 2.22. The number of aliphatic carboxylic acids is 1. The van der Waals surface area contributed by atoms with Crippen LogP contribution in [-0.2, 0) is 4.79 Å². The van der Waals surface area contributed by atoms with Gasteiger partial charge in [-0.15, -0.1) is 0 Å². The predicted octanol–water partition coefficient (Wildman–Crippen LogP) is 1.01. The van der Waals surface area contributed by atoms with Gasteiger partial charge in [0.2, 0.25) is 0 Å². The average molecular weight is 158 g/mol. The van der Waals surface area contributed by atoms with Crippen LogP contribution in [0, 0.1) is 5.92 Å². The summed E-state index contributed by atoms with van der Waals surface area (Å²) >= 11 is 0. The van der Waals surface area contributed by atoms with Crippen LogP contribution in [0.3, 0.4) is 0 Å². The van der Waals surface area contributed by atoms with Crippen molar-refractivity contribution in [3.63, 3.8) is 0 Å². The molecule has 0 aromatic carbocycles. The van der Waals surface area contributed by atoms with Gasteiger partial charge in [-0.1, -0.05) is 0 Å². The fourth-order valence-corrected chi connectivity index (χ4v) is 1.64. The zero-order valence-electron chi connectivity index (χ0n) is 6.49. The van der Waals surface area contributed by atoms with Crippen LogP contribution in [0.4, 0.5) is 0 Å². The van der Waals surface area contributed by atoms with E-state index in [9.17, 15) is 4.79 Å². The topological polar surface area (TPSA) is 57.5 Å². The number of aliphatic hydroxyl groups is 1. The van der Waals surface area contributed by atoms with Crippen molar-refractivity contribution in [1.29, 1.82) is 0 Å². The molecule has 2 atom stereocenters. The van der Waals surface area contributed by atoms with Gasteiger partial charge in [0.15, 0.2) is 0 Å². The van der Waals surface area contributed by atoms with E-state index >= 15 is 0 Å². The first-order valence-electron chi connectivity index (χ1n) is 4.08. The van der Waals surface area contributed by atoms with Crippen molar-refractivity contribution in [2.45, 2.75) is 38.2 Å². The third-order valence-electron chi connectivity index (χ3n) is 2.28. The lowest BCUT2D eigenvalue weighted by Crippen LogP contribution is -2.03. The molecule has 0 saturated heterocycles. The van der Waals surface area contributed by atoms with E-state index in [1.807, 2.05) is 0 Å². The highest BCUT2D eigenvalue weighted by Crippen LogP contribution is 2.28. The van der Waals surface area contributed by atoms with Crippen LogP contribution < -0.4 is 0 Å². The number of carboxylic acid groups (broad SMARTS) is 1. The minimum atomic E-state index is -0.730. The molecule has 1 rings (SSSR count). The van der Waals surface area contributed by atoms with Gasteiger partial charge >= 0.3 is 5.97 Å². The first-order valence-corrected chi connectivity index (χ1v) is 4.08. The molecule has 1 fully saturated rings. The molecule has 0 heterocycles. The number of hydrogen-bond donors (Lipinski definition) is 2. The smallest absolute Gasteiger partial charge is 0.303 e. The van der Waals surface area contributed by atoms with Gasteiger partial charge in [-0.25, -0.2) is 0 Å². The Morgan fingerprint density at radius 1 is 1.45 bits per heavy atom. The monoisotopic (exact) mass is 158 g/mol. The number of carboxylic acids is 1. The summed E-state index contributed by atoms with van der Waals surface area (Å²) in [6.45, 7) is 0. The van der Waals surface area contributed by atoms with E-state index < -0.39 is 5.97 Å². The average Bonchev–Trinajstić information content (AvgIpc) is 2.31. The van der Waals surface area contributed by atoms with Gasteiger partial charge in [-0.2, -0.15) is 0 Å². The Morgan fingerprint density at radius 3 is 2.64 bits per heavy atom. The summed E-state index contributed by atoms with van der Waals surface area (Å²) in [4.78, 5) is 10.2. The highest BCUT2D eigenvalue weighted by atomic mass is 16.4. The number of aliphatic hydroxyl groups excluding tert-OH is 1. The molecule has 2 unspecified atom stereocenters. The summed E-state index contributed by atoms with van der Waals surface area (Å²) in [6.07, 6.45) is 3.45. The maximum atomic E-state index is 10.2. The standard InChI is InChI=1S/C8H14O3/c9-7-3-1-6(5-7)2-4-8(10)11/h6-7,9H,1-5H2,(H,10,11). The highest BCUT2D eigenvalue weighted by molar-refractivity contribution is 5.66. The van der Waals surface area contributed by atoms with Gasteiger partial charge in [0.1, 0.15) is 0 Å². The van der Waals surface area contributed by atoms with Crippen LogP contribution in [0.25, 0.3) is 0 Å². The first kappa shape index (κ1) is 8.53. The predicted molar refractivity (Wildman–Crippen MR) is 40.2 cm³/mol. The Balaban J connectivity index is 2.13. The van der Waals surface area contributed by atoms with E-state index in [2.05, 4.69) is 0 Å².